The Morgan fingerprint density at radius 1 is 1.32 bits per heavy atom. The first kappa shape index (κ1) is 19.2. The van der Waals surface area contributed by atoms with E-state index in [0.717, 1.165) is 0 Å². The number of benzene rings is 1. The molecule has 1 saturated heterocycles. The normalized spacial score (nSPS) is 25.5. The highest BCUT2D eigenvalue weighted by molar-refractivity contribution is 8.07. The first-order valence-corrected chi connectivity index (χ1v) is 9.69. The van der Waals surface area contributed by atoms with Gasteiger partial charge in [-0.1, -0.05) is 23.2 Å². The number of amidine groups is 1. The average Bonchev–Trinajstić information content (AvgIpc) is 3.42. The molecule has 0 aliphatic carbocycles. The van der Waals surface area contributed by atoms with E-state index >= 15 is 0 Å². The predicted molar refractivity (Wildman–Crippen MR) is 104 cm³/mol. The quantitative estimate of drug-likeness (QED) is 0.698. The number of nitrogens with one attached hydrogen (secondary N) is 1. The first-order chi connectivity index (χ1) is 13.3. The molecule has 1 aromatic carbocycles. The van der Waals surface area contributed by atoms with E-state index in [-0.39, 0.29) is 28.0 Å². The maximum Gasteiger partial charge on any atom is 0.284 e. The number of aromatic nitrogens is 1. The van der Waals surface area contributed by atoms with Crippen LogP contribution in [-0.4, -0.2) is 34.0 Å². The molecule has 3 atom stereocenters. The van der Waals surface area contributed by atoms with Crippen molar-refractivity contribution in [1.29, 1.82) is 0 Å². The summed E-state index contributed by atoms with van der Waals surface area (Å²) < 4.78 is 33.6. The summed E-state index contributed by atoms with van der Waals surface area (Å²) in [6.07, 6.45) is -1.54. The van der Waals surface area contributed by atoms with Crippen LogP contribution in [0.1, 0.15) is 16.1 Å². The molecule has 0 radical (unpaired) electrons. The Morgan fingerprint density at radius 2 is 2.11 bits per heavy atom. The van der Waals surface area contributed by atoms with E-state index in [0.29, 0.717) is 5.02 Å². The molecule has 2 aromatic rings. The fourth-order valence-electron chi connectivity index (χ4n) is 3.01. The van der Waals surface area contributed by atoms with Crippen LogP contribution in [0.4, 0.5) is 14.5 Å². The minimum Gasteiger partial charge on any atom is -0.450 e. The van der Waals surface area contributed by atoms with Crippen molar-refractivity contribution >= 4 is 52.6 Å². The first-order valence-electron chi connectivity index (χ1n) is 8.00. The van der Waals surface area contributed by atoms with Crippen molar-refractivity contribution < 1.29 is 18.3 Å². The molecule has 3 N–H and O–H groups in total. The molecular weight excluding hydrogens is 433 g/mol. The van der Waals surface area contributed by atoms with E-state index in [1.807, 2.05) is 0 Å². The molecule has 2 aliphatic heterocycles. The Hall–Kier alpha value is -2.10. The van der Waals surface area contributed by atoms with Crippen LogP contribution in [0.15, 0.2) is 41.5 Å². The number of halogens is 4. The van der Waals surface area contributed by atoms with Gasteiger partial charge in [-0.05, 0) is 30.3 Å². The minimum atomic E-state index is -2.88. The van der Waals surface area contributed by atoms with E-state index < -0.39 is 28.6 Å². The van der Waals surface area contributed by atoms with E-state index in [9.17, 15) is 13.6 Å². The molecular formula is C17H12Cl2F2N4O2S. The summed E-state index contributed by atoms with van der Waals surface area (Å²) in [5, 5.41) is 2.47. The number of anilines is 1. The van der Waals surface area contributed by atoms with Crippen LogP contribution in [0.5, 0.6) is 0 Å². The summed E-state index contributed by atoms with van der Waals surface area (Å²) in [7, 11) is 0. The minimum absolute atomic E-state index is 0.0669. The van der Waals surface area contributed by atoms with Crippen LogP contribution < -0.4 is 11.1 Å². The fourth-order valence-corrected chi connectivity index (χ4v) is 4.50. The van der Waals surface area contributed by atoms with Crippen LogP contribution >= 0.6 is 35.0 Å². The number of amides is 1. The fraction of sp³-hybridized carbons (Fsp3) is 0.235. The monoisotopic (exact) mass is 444 g/mol. The zero-order valence-corrected chi connectivity index (χ0v) is 16.2. The largest absolute Gasteiger partial charge is 0.450 e. The number of ether oxygens (including phenoxy) is 1. The van der Waals surface area contributed by atoms with Gasteiger partial charge in [0.05, 0.1) is 10.3 Å². The van der Waals surface area contributed by atoms with Gasteiger partial charge in [-0.15, -0.1) is 11.8 Å². The van der Waals surface area contributed by atoms with Crippen LogP contribution in [0.3, 0.4) is 0 Å². The summed E-state index contributed by atoms with van der Waals surface area (Å²) in [5.41, 5.74) is 3.61. The molecule has 28 heavy (non-hydrogen) atoms. The maximum absolute atomic E-state index is 14.2. The molecule has 146 valence electrons. The van der Waals surface area contributed by atoms with Gasteiger partial charge >= 0.3 is 0 Å². The lowest BCUT2D eigenvalue weighted by molar-refractivity contribution is 0.0372. The number of carbonyl (C=O) groups excluding carboxylic acids is 1. The number of carbonyl (C=O) groups is 1. The Morgan fingerprint density at radius 3 is 2.79 bits per heavy atom. The summed E-state index contributed by atoms with van der Waals surface area (Å²) in [6, 6.07) is 6.96. The van der Waals surface area contributed by atoms with Gasteiger partial charge in [0.25, 0.3) is 18.4 Å². The Labute approximate surface area is 172 Å². The third kappa shape index (κ3) is 3.27. The van der Waals surface area contributed by atoms with Crippen LogP contribution in [-0.2, 0) is 10.3 Å². The second-order valence-electron chi connectivity index (χ2n) is 6.13. The van der Waals surface area contributed by atoms with Crippen molar-refractivity contribution in [2.45, 2.75) is 22.7 Å². The highest BCUT2D eigenvalue weighted by Gasteiger charge is 2.65. The predicted octanol–water partition coefficient (Wildman–Crippen LogP) is 3.89. The number of nitrogens with two attached hydrogens (primary N) is 1. The van der Waals surface area contributed by atoms with Crippen molar-refractivity contribution in [2.75, 3.05) is 5.32 Å². The van der Waals surface area contributed by atoms with Crippen LogP contribution in [0.25, 0.3) is 0 Å². The third-order valence-corrected chi connectivity index (χ3v) is 6.14. The number of pyridine rings is 1. The topological polar surface area (TPSA) is 89.6 Å². The van der Waals surface area contributed by atoms with Gasteiger partial charge in [-0.3, -0.25) is 4.79 Å². The number of hydrogen-bond acceptors (Lipinski definition) is 6. The summed E-state index contributed by atoms with van der Waals surface area (Å²) in [4.78, 5) is 20.2. The summed E-state index contributed by atoms with van der Waals surface area (Å²) >= 11 is 13.2. The van der Waals surface area contributed by atoms with Crippen LogP contribution in [0.2, 0.25) is 10.0 Å². The lowest BCUT2D eigenvalue weighted by atomic mass is 9.86. The smallest absolute Gasteiger partial charge is 0.284 e. The highest BCUT2D eigenvalue weighted by atomic mass is 35.5. The number of alkyl halides is 2. The van der Waals surface area contributed by atoms with Gasteiger partial charge in [-0.25, -0.2) is 18.8 Å². The second kappa shape index (κ2) is 7.06. The molecule has 0 saturated carbocycles. The second-order valence-corrected chi connectivity index (χ2v) is 8.22. The zero-order valence-electron chi connectivity index (χ0n) is 13.9. The highest BCUT2D eigenvalue weighted by Crippen LogP contribution is 2.60. The Balaban J connectivity index is 1.70. The summed E-state index contributed by atoms with van der Waals surface area (Å²) in [5.74, 6) is -0.523. The number of rotatable bonds is 4. The molecule has 1 amide bonds. The van der Waals surface area contributed by atoms with Gasteiger partial charge < -0.3 is 15.8 Å². The molecule has 3 heterocycles. The average molecular weight is 445 g/mol. The lowest BCUT2D eigenvalue weighted by Crippen LogP contribution is -2.45. The number of aliphatic imine (C=N–C) groups is 1. The summed E-state index contributed by atoms with van der Waals surface area (Å²) in [6.45, 7) is 0. The van der Waals surface area contributed by atoms with Gasteiger partial charge in [0.1, 0.15) is 5.69 Å². The van der Waals surface area contributed by atoms with E-state index in [4.69, 9.17) is 33.7 Å². The maximum atomic E-state index is 14.2. The van der Waals surface area contributed by atoms with Crippen molar-refractivity contribution in [3.63, 3.8) is 0 Å². The molecule has 1 aromatic heterocycles. The third-order valence-electron chi connectivity index (χ3n) is 4.37. The van der Waals surface area contributed by atoms with Gasteiger partial charge in [-0.2, -0.15) is 0 Å². The molecule has 0 spiro atoms. The van der Waals surface area contributed by atoms with Crippen LogP contribution in [0, 0.1) is 0 Å². The Bertz CT molecular complexity index is 976. The molecule has 6 nitrogen and oxygen atoms in total. The van der Waals surface area contributed by atoms with Crippen molar-refractivity contribution in [1.82, 2.24) is 4.98 Å². The van der Waals surface area contributed by atoms with E-state index in [2.05, 4.69) is 15.3 Å². The lowest BCUT2D eigenvalue weighted by Gasteiger charge is -2.32. The zero-order chi connectivity index (χ0) is 20.1. The van der Waals surface area contributed by atoms with Gasteiger partial charge in [0.2, 0.25) is 0 Å². The number of nitrogens with zero attached hydrogens (tertiary/aromatic N) is 2. The molecule has 11 heteroatoms. The molecule has 0 unspecified atom stereocenters. The van der Waals surface area contributed by atoms with Crippen molar-refractivity contribution in [2.24, 2.45) is 10.7 Å². The van der Waals surface area contributed by atoms with E-state index in [1.54, 1.807) is 0 Å². The number of thioether (sulfide) groups is 1. The number of hydrogen-bond donors (Lipinski definition) is 2. The van der Waals surface area contributed by atoms with E-state index in [1.165, 1.54) is 48.3 Å². The molecule has 4 rings (SSSR count). The SMILES string of the molecule is NC1=N[C@@](c2cc(NC(=O)c3ccc(Cl)cn3)ccc2Cl)(C(F)F)[C@H]2S[C@H]2O1. The van der Waals surface area contributed by atoms with Gasteiger partial charge in [0, 0.05) is 22.5 Å². The molecule has 1 fully saturated rings. The Kier molecular flexibility index (Phi) is 4.84. The van der Waals surface area contributed by atoms with Crippen molar-refractivity contribution in [3.8, 4) is 0 Å². The molecule has 0 bridgehead atoms. The molecule has 2 aliphatic rings. The van der Waals surface area contributed by atoms with Gasteiger partial charge in [0.15, 0.2) is 11.0 Å². The standard InChI is InChI=1S/C17H12Cl2F2N4O2S/c18-7-1-4-11(23-6-7)13(26)24-8-2-3-10(19)9(5-8)17(15(20)21)12-14(28-12)27-16(22)25-17/h1-6,12,14-15H,(H2,22,25)(H,24,26)/t12-,14+,17+/m0/s1. The van der Waals surface area contributed by atoms with Crippen molar-refractivity contribution in [3.05, 3.63) is 57.8 Å². The number of fused-ring (bicyclic) bond motifs is 1.